The van der Waals surface area contributed by atoms with E-state index in [-0.39, 0.29) is 17.8 Å². The summed E-state index contributed by atoms with van der Waals surface area (Å²) in [6.07, 6.45) is 0. The Balaban J connectivity index is 1.65. The Bertz CT molecular complexity index is 1120. The van der Waals surface area contributed by atoms with E-state index in [4.69, 9.17) is 0 Å². The summed E-state index contributed by atoms with van der Waals surface area (Å²) in [6.45, 7) is 4.95. The third-order valence-electron chi connectivity index (χ3n) is 4.62. The number of nitrogens with zero attached hydrogens (tertiary/aromatic N) is 3. The lowest BCUT2D eigenvalue weighted by Crippen LogP contribution is -2.33. The summed E-state index contributed by atoms with van der Waals surface area (Å²) in [5, 5.41) is 20.7. The lowest BCUT2D eigenvalue weighted by atomic mass is 10.1. The maximum absolute atomic E-state index is 12.4. The first-order valence-electron chi connectivity index (χ1n) is 9.22. The standard InChI is InChI=1S/C21H21N5O4/c1-13-11-16(9-10-18(13)26(29)30)21(28)22-12-19(27)23-20-14(2)24-25(15(20)3)17-7-5-4-6-8-17/h4-11H,12H2,1-3H3,(H,22,28)(H,23,27). The fourth-order valence-electron chi connectivity index (χ4n) is 3.09. The quantitative estimate of drug-likeness (QED) is 0.481. The molecule has 0 atom stereocenters. The van der Waals surface area contributed by atoms with E-state index in [1.54, 1.807) is 18.5 Å². The molecule has 0 unspecified atom stereocenters. The number of amides is 2. The normalized spacial score (nSPS) is 10.5. The molecule has 1 heterocycles. The third kappa shape index (κ3) is 4.35. The number of benzene rings is 2. The van der Waals surface area contributed by atoms with Crippen LogP contribution in [0.2, 0.25) is 0 Å². The molecule has 3 rings (SSSR count). The summed E-state index contributed by atoms with van der Waals surface area (Å²) in [4.78, 5) is 35.0. The molecule has 2 aromatic carbocycles. The van der Waals surface area contributed by atoms with Gasteiger partial charge in [-0.15, -0.1) is 0 Å². The number of anilines is 1. The highest BCUT2D eigenvalue weighted by molar-refractivity contribution is 6.00. The molecule has 2 N–H and O–H groups in total. The fraction of sp³-hybridized carbons (Fsp3) is 0.190. The lowest BCUT2D eigenvalue weighted by molar-refractivity contribution is -0.385. The average molecular weight is 407 g/mol. The maximum atomic E-state index is 12.4. The first kappa shape index (κ1) is 20.7. The van der Waals surface area contributed by atoms with Crippen LogP contribution in [0.4, 0.5) is 11.4 Å². The van der Waals surface area contributed by atoms with Gasteiger partial charge in [0.25, 0.3) is 11.6 Å². The molecule has 0 spiro atoms. The maximum Gasteiger partial charge on any atom is 0.272 e. The van der Waals surface area contributed by atoms with Crippen LogP contribution >= 0.6 is 0 Å². The Morgan fingerprint density at radius 1 is 1.10 bits per heavy atom. The van der Waals surface area contributed by atoms with Gasteiger partial charge in [0.2, 0.25) is 5.91 Å². The zero-order valence-electron chi connectivity index (χ0n) is 16.8. The van der Waals surface area contributed by atoms with E-state index in [1.165, 1.54) is 18.2 Å². The highest BCUT2D eigenvalue weighted by atomic mass is 16.6. The van der Waals surface area contributed by atoms with Crippen molar-refractivity contribution in [1.29, 1.82) is 0 Å². The zero-order chi connectivity index (χ0) is 21.8. The van der Waals surface area contributed by atoms with Gasteiger partial charge in [0.05, 0.1) is 34.2 Å². The van der Waals surface area contributed by atoms with Gasteiger partial charge in [0.1, 0.15) is 0 Å². The molecule has 0 aliphatic rings. The predicted octanol–water partition coefficient (Wildman–Crippen LogP) is 3.07. The lowest BCUT2D eigenvalue weighted by Gasteiger charge is -2.09. The number of nitrogens with one attached hydrogen (secondary N) is 2. The molecule has 154 valence electrons. The molecule has 9 nitrogen and oxygen atoms in total. The topological polar surface area (TPSA) is 119 Å². The van der Waals surface area contributed by atoms with E-state index in [2.05, 4.69) is 15.7 Å². The largest absolute Gasteiger partial charge is 0.343 e. The van der Waals surface area contributed by atoms with Gasteiger partial charge in [-0.1, -0.05) is 18.2 Å². The van der Waals surface area contributed by atoms with Gasteiger partial charge < -0.3 is 10.6 Å². The van der Waals surface area contributed by atoms with Gasteiger partial charge in [-0.3, -0.25) is 19.7 Å². The Hall–Kier alpha value is -4.01. The van der Waals surface area contributed by atoms with E-state index in [9.17, 15) is 19.7 Å². The summed E-state index contributed by atoms with van der Waals surface area (Å²) in [5.41, 5.74) is 3.44. The number of rotatable bonds is 6. The second kappa shape index (κ2) is 8.56. The molecule has 0 aliphatic heterocycles. The molecule has 0 radical (unpaired) electrons. The SMILES string of the molecule is Cc1cc(C(=O)NCC(=O)Nc2c(C)nn(-c3ccccc3)c2C)ccc1[N+](=O)[O-]. The van der Waals surface area contributed by atoms with Crippen LogP contribution in [0, 0.1) is 30.9 Å². The molecule has 30 heavy (non-hydrogen) atoms. The van der Waals surface area contributed by atoms with E-state index in [0.717, 1.165) is 11.4 Å². The van der Waals surface area contributed by atoms with E-state index in [0.29, 0.717) is 16.9 Å². The average Bonchev–Trinajstić information content (AvgIpc) is 3.00. The molecule has 0 saturated heterocycles. The van der Waals surface area contributed by atoms with E-state index < -0.39 is 16.7 Å². The summed E-state index contributed by atoms with van der Waals surface area (Å²) in [5.74, 6) is -0.891. The van der Waals surface area contributed by atoms with Crippen molar-refractivity contribution in [2.45, 2.75) is 20.8 Å². The second-order valence-corrected chi connectivity index (χ2v) is 6.78. The molecule has 9 heteroatoms. The third-order valence-corrected chi connectivity index (χ3v) is 4.62. The van der Waals surface area contributed by atoms with Crippen molar-refractivity contribution in [3.05, 3.63) is 81.2 Å². The van der Waals surface area contributed by atoms with Crippen LogP contribution in [0.25, 0.3) is 5.69 Å². The highest BCUT2D eigenvalue weighted by Crippen LogP contribution is 2.22. The predicted molar refractivity (Wildman–Crippen MR) is 112 cm³/mol. The van der Waals surface area contributed by atoms with Crippen LogP contribution in [0.5, 0.6) is 0 Å². The minimum Gasteiger partial charge on any atom is -0.343 e. The minimum absolute atomic E-state index is 0.0642. The molecular formula is C21H21N5O4. The number of aromatic nitrogens is 2. The fourth-order valence-corrected chi connectivity index (χ4v) is 3.09. The van der Waals surface area contributed by atoms with Crippen molar-refractivity contribution < 1.29 is 14.5 Å². The number of nitro groups is 1. The van der Waals surface area contributed by atoms with Gasteiger partial charge in [0.15, 0.2) is 0 Å². The monoisotopic (exact) mass is 407 g/mol. The number of carbonyl (C=O) groups excluding carboxylic acids is 2. The van der Waals surface area contributed by atoms with E-state index in [1.807, 2.05) is 37.3 Å². The van der Waals surface area contributed by atoms with Crippen LogP contribution in [0.15, 0.2) is 48.5 Å². The van der Waals surface area contributed by atoms with Crippen LogP contribution in [-0.2, 0) is 4.79 Å². The molecular weight excluding hydrogens is 386 g/mol. The number of para-hydroxylation sites is 1. The first-order valence-corrected chi connectivity index (χ1v) is 9.22. The van der Waals surface area contributed by atoms with Crippen molar-refractivity contribution in [3.63, 3.8) is 0 Å². The number of hydrogen-bond donors (Lipinski definition) is 2. The molecule has 3 aromatic rings. The van der Waals surface area contributed by atoms with Gasteiger partial charge in [-0.25, -0.2) is 4.68 Å². The first-order chi connectivity index (χ1) is 14.3. The molecule has 1 aromatic heterocycles. The molecule has 0 saturated carbocycles. The molecule has 2 amide bonds. The van der Waals surface area contributed by atoms with Crippen molar-refractivity contribution >= 4 is 23.2 Å². The molecule has 0 fully saturated rings. The minimum atomic E-state index is -0.509. The van der Waals surface area contributed by atoms with Crippen molar-refractivity contribution in [2.24, 2.45) is 0 Å². The number of hydrogen-bond acceptors (Lipinski definition) is 5. The Morgan fingerprint density at radius 3 is 2.43 bits per heavy atom. The smallest absolute Gasteiger partial charge is 0.272 e. The van der Waals surface area contributed by atoms with Gasteiger partial charge in [-0.05, 0) is 45.0 Å². The number of carbonyl (C=O) groups is 2. The second-order valence-electron chi connectivity index (χ2n) is 6.78. The zero-order valence-corrected chi connectivity index (χ0v) is 16.8. The van der Waals surface area contributed by atoms with Crippen LogP contribution in [0.1, 0.15) is 27.3 Å². The van der Waals surface area contributed by atoms with Crippen LogP contribution in [-0.4, -0.2) is 33.1 Å². The van der Waals surface area contributed by atoms with Crippen LogP contribution in [0.3, 0.4) is 0 Å². The van der Waals surface area contributed by atoms with Gasteiger partial charge in [0, 0.05) is 17.2 Å². The number of aryl methyl sites for hydroxylation is 2. The summed E-state index contributed by atoms with van der Waals surface area (Å²) >= 11 is 0. The Labute approximate surface area is 172 Å². The summed E-state index contributed by atoms with van der Waals surface area (Å²) < 4.78 is 1.74. The molecule has 0 aliphatic carbocycles. The molecule has 0 bridgehead atoms. The Morgan fingerprint density at radius 2 is 1.80 bits per heavy atom. The van der Waals surface area contributed by atoms with Gasteiger partial charge >= 0.3 is 0 Å². The van der Waals surface area contributed by atoms with Crippen molar-refractivity contribution in [3.8, 4) is 5.69 Å². The van der Waals surface area contributed by atoms with E-state index >= 15 is 0 Å². The van der Waals surface area contributed by atoms with Crippen molar-refractivity contribution in [2.75, 3.05) is 11.9 Å². The van der Waals surface area contributed by atoms with Crippen molar-refractivity contribution in [1.82, 2.24) is 15.1 Å². The van der Waals surface area contributed by atoms with Gasteiger partial charge in [-0.2, -0.15) is 5.10 Å². The highest BCUT2D eigenvalue weighted by Gasteiger charge is 2.17. The summed E-state index contributed by atoms with van der Waals surface area (Å²) in [7, 11) is 0. The number of nitro benzene ring substituents is 1. The Kier molecular flexibility index (Phi) is 5.91. The summed E-state index contributed by atoms with van der Waals surface area (Å²) in [6, 6.07) is 13.6. The van der Waals surface area contributed by atoms with Crippen LogP contribution < -0.4 is 10.6 Å².